The third-order valence-electron chi connectivity index (χ3n) is 3.19. The maximum atomic E-state index is 9.72. The zero-order valence-corrected chi connectivity index (χ0v) is 11.0. The van der Waals surface area contributed by atoms with E-state index in [0.717, 1.165) is 19.4 Å². The van der Waals surface area contributed by atoms with Crippen LogP contribution in [0, 0.1) is 0 Å². The molecule has 1 atom stereocenters. The van der Waals surface area contributed by atoms with Gasteiger partial charge in [0.25, 0.3) is 0 Å². The van der Waals surface area contributed by atoms with Crippen molar-refractivity contribution in [1.82, 2.24) is 5.32 Å². The van der Waals surface area contributed by atoms with E-state index in [1.807, 2.05) is 0 Å². The largest absolute Gasteiger partial charge is 0.389 e. The molecule has 0 aromatic rings. The van der Waals surface area contributed by atoms with Gasteiger partial charge in [-0.2, -0.15) is 0 Å². The lowest BCUT2D eigenvalue weighted by atomic mass is 10.1. The molecule has 0 aromatic carbocycles. The van der Waals surface area contributed by atoms with Crippen molar-refractivity contribution in [3.05, 3.63) is 0 Å². The van der Waals surface area contributed by atoms with Crippen molar-refractivity contribution in [1.29, 1.82) is 0 Å². The predicted octanol–water partition coefficient (Wildman–Crippen LogP) is 1.32. The highest BCUT2D eigenvalue weighted by atomic mass is 16.5. The molecule has 1 unspecified atom stereocenters. The van der Waals surface area contributed by atoms with Crippen molar-refractivity contribution in [3.8, 4) is 0 Å². The van der Waals surface area contributed by atoms with Crippen molar-refractivity contribution in [2.75, 3.05) is 33.4 Å². The second-order valence-corrected chi connectivity index (χ2v) is 4.80. The average Bonchev–Trinajstić information content (AvgIpc) is 2.60. The Hall–Kier alpha value is -0.160. The molecule has 2 N–H and O–H groups in total. The summed E-state index contributed by atoms with van der Waals surface area (Å²) in [7, 11) is 1.67. The van der Waals surface area contributed by atoms with E-state index in [1.165, 1.54) is 25.7 Å². The van der Waals surface area contributed by atoms with Crippen LogP contribution in [0.4, 0.5) is 0 Å². The van der Waals surface area contributed by atoms with Crippen LogP contribution in [0.1, 0.15) is 38.5 Å². The summed E-state index contributed by atoms with van der Waals surface area (Å²) in [6.07, 6.45) is 7.48. The number of ether oxygens (including phenoxy) is 2. The highest BCUT2D eigenvalue weighted by Gasteiger charge is 2.14. The van der Waals surface area contributed by atoms with E-state index < -0.39 is 6.10 Å². The quantitative estimate of drug-likeness (QED) is 0.500. The highest BCUT2D eigenvalue weighted by Crippen LogP contribution is 2.19. The monoisotopic (exact) mass is 245 g/mol. The van der Waals surface area contributed by atoms with Crippen molar-refractivity contribution < 1.29 is 14.6 Å². The summed E-state index contributed by atoms with van der Waals surface area (Å²) in [6.45, 7) is 2.48. The Morgan fingerprint density at radius 2 is 1.94 bits per heavy atom. The fourth-order valence-electron chi connectivity index (χ4n) is 2.16. The lowest BCUT2D eigenvalue weighted by molar-refractivity contribution is -0.0146. The van der Waals surface area contributed by atoms with E-state index in [4.69, 9.17) is 9.47 Å². The SMILES string of the molecule is COCCNCC(O)COC1CCCCCC1. The molecule has 1 rings (SSSR count). The Morgan fingerprint density at radius 3 is 2.59 bits per heavy atom. The summed E-state index contributed by atoms with van der Waals surface area (Å²) in [5.74, 6) is 0. The number of aliphatic hydroxyl groups excluding tert-OH is 1. The van der Waals surface area contributed by atoms with E-state index in [2.05, 4.69) is 5.32 Å². The van der Waals surface area contributed by atoms with Gasteiger partial charge in [0.1, 0.15) is 0 Å². The summed E-state index contributed by atoms with van der Waals surface area (Å²) in [4.78, 5) is 0. The molecule has 0 radical (unpaired) electrons. The van der Waals surface area contributed by atoms with Crippen molar-refractivity contribution in [3.63, 3.8) is 0 Å². The molecule has 0 aromatic heterocycles. The fraction of sp³-hybridized carbons (Fsp3) is 1.00. The number of aliphatic hydroxyl groups is 1. The standard InChI is InChI=1S/C13H27NO3/c1-16-9-8-14-10-12(15)11-17-13-6-4-2-3-5-7-13/h12-15H,2-11H2,1H3. The fourth-order valence-corrected chi connectivity index (χ4v) is 2.16. The number of hydrogen-bond acceptors (Lipinski definition) is 4. The van der Waals surface area contributed by atoms with Crippen LogP contribution < -0.4 is 5.32 Å². The van der Waals surface area contributed by atoms with Gasteiger partial charge in [0.15, 0.2) is 0 Å². The first kappa shape index (κ1) is 14.9. The van der Waals surface area contributed by atoms with E-state index in [9.17, 15) is 5.11 Å². The van der Waals surface area contributed by atoms with Crippen molar-refractivity contribution >= 4 is 0 Å². The second-order valence-electron chi connectivity index (χ2n) is 4.80. The molecule has 1 fully saturated rings. The Bertz CT molecular complexity index is 170. The van der Waals surface area contributed by atoms with Crippen molar-refractivity contribution in [2.24, 2.45) is 0 Å². The third kappa shape index (κ3) is 7.71. The van der Waals surface area contributed by atoms with Crippen LogP contribution in [-0.4, -0.2) is 50.7 Å². The molecule has 0 amide bonds. The van der Waals surface area contributed by atoms with Gasteiger partial charge < -0.3 is 19.9 Å². The molecule has 0 heterocycles. The molecule has 0 saturated heterocycles. The summed E-state index contributed by atoms with van der Waals surface area (Å²) in [6, 6.07) is 0. The molecule has 4 nitrogen and oxygen atoms in total. The summed E-state index contributed by atoms with van der Waals surface area (Å²) < 4.78 is 10.7. The van der Waals surface area contributed by atoms with Crippen LogP contribution in [0.3, 0.4) is 0 Å². The zero-order chi connectivity index (χ0) is 12.3. The number of rotatable bonds is 8. The number of methoxy groups -OCH3 is 1. The predicted molar refractivity (Wildman–Crippen MR) is 68.2 cm³/mol. The zero-order valence-electron chi connectivity index (χ0n) is 11.0. The van der Waals surface area contributed by atoms with Crippen LogP contribution in [0.25, 0.3) is 0 Å². The molecular formula is C13H27NO3. The van der Waals surface area contributed by atoms with E-state index in [0.29, 0.717) is 25.9 Å². The van der Waals surface area contributed by atoms with Crippen LogP contribution in [0.5, 0.6) is 0 Å². The lowest BCUT2D eigenvalue weighted by Crippen LogP contribution is -2.33. The lowest BCUT2D eigenvalue weighted by Gasteiger charge is -2.18. The molecule has 0 bridgehead atoms. The minimum atomic E-state index is -0.407. The molecule has 0 aliphatic heterocycles. The van der Waals surface area contributed by atoms with Gasteiger partial charge in [-0.25, -0.2) is 0 Å². The number of hydrogen-bond donors (Lipinski definition) is 2. The van der Waals surface area contributed by atoms with Gasteiger partial charge in [-0.3, -0.25) is 0 Å². The Balaban J connectivity index is 1.99. The molecule has 4 heteroatoms. The summed E-state index contributed by atoms with van der Waals surface area (Å²) in [5, 5.41) is 12.9. The van der Waals surface area contributed by atoms with Gasteiger partial charge in [0.2, 0.25) is 0 Å². The maximum Gasteiger partial charge on any atom is 0.0897 e. The first-order valence-corrected chi connectivity index (χ1v) is 6.82. The summed E-state index contributed by atoms with van der Waals surface area (Å²) >= 11 is 0. The molecule has 1 aliphatic carbocycles. The van der Waals surface area contributed by atoms with E-state index in [1.54, 1.807) is 7.11 Å². The Kier molecular flexibility index (Phi) is 8.61. The van der Waals surface area contributed by atoms with Gasteiger partial charge in [-0.15, -0.1) is 0 Å². The molecule has 17 heavy (non-hydrogen) atoms. The third-order valence-corrected chi connectivity index (χ3v) is 3.19. The Morgan fingerprint density at radius 1 is 1.24 bits per heavy atom. The molecule has 0 spiro atoms. The first-order chi connectivity index (χ1) is 8.33. The summed E-state index contributed by atoms with van der Waals surface area (Å²) in [5.41, 5.74) is 0. The first-order valence-electron chi connectivity index (χ1n) is 6.82. The normalized spacial score (nSPS) is 20.1. The highest BCUT2D eigenvalue weighted by molar-refractivity contribution is 4.66. The van der Waals surface area contributed by atoms with Crippen LogP contribution >= 0.6 is 0 Å². The van der Waals surface area contributed by atoms with Gasteiger partial charge >= 0.3 is 0 Å². The minimum Gasteiger partial charge on any atom is -0.389 e. The van der Waals surface area contributed by atoms with E-state index in [-0.39, 0.29) is 0 Å². The smallest absolute Gasteiger partial charge is 0.0897 e. The second kappa shape index (κ2) is 9.83. The van der Waals surface area contributed by atoms with Crippen molar-refractivity contribution in [2.45, 2.75) is 50.7 Å². The molecule has 1 saturated carbocycles. The van der Waals surface area contributed by atoms with Gasteiger partial charge in [-0.05, 0) is 12.8 Å². The topological polar surface area (TPSA) is 50.7 Å². The van der Waals surface area contributed by atoms with E-state index >= 15 is 0 Å². The van der Waals surface area contributed by atoms with Crippen LogP contribution in [-0.2, 0) is 9.47 Å². The molecule has 1 aliphatic rings. The number of nitrogens with one attached hydrogen (secondary N) is 1. The molecular weight excluding hydrogens is 218 g/mol. The average molecular weight is 245 g/mol. The molecule has 102 valence electrons. The van der Waals surface area contributed by atoms with Gasteiger partial charge in [-0.1, -0.05) is 25.7 Å². The minimum absolute atomic E-state index is 0.367. The van der Waals surface area contributed by atoms with Crippen LogP contribution in [0.2, 0.25) is 0 Å². The van der Waals surface area contributed by atoms with Crippen LogP contribution in [0.15, 0.2) is 0 Å². The van der Waals surface area contributed by atoms with Gasteiger partial charge in [0, 0.05) is 20.2 Å². The van der Waals surface area contributed by atoms with Gasteiger partial charge in [0.05, 0.1) is 25.4 Å². The maximum absolute atomic E-state index is 9.72. The Labute approximate surface area is 105 Å².